The van der Waals surface area contributed by atoms with Crippen molar-refractivity contribution in [1.29, 1.82) is 0 Å². The minimum atomic E-state index is -0.504. The van der Waals surface area contributed by atoms with E-state index in [0.717, 1.165) is 19.4 Å². The normalized spacial score (nSPS) is 20.4. The molecule has 1 atom stereocenters. The smallest absolute Gasteiger partial charge is 0.165 e. The van der Waals surface area contributed by atoms with Gasteiger partial charge in [0.25, 0.3) is 0 Å². The van der Waals surface area contributed by atoms with Gasteiger partial charge < -0.3 is 9.47 Å². The zero-order chi connectivity index (χ0) is 11.4. The molecule has 4 heteroatoms. The number of aldehydes is 1. The Hall–Kier alpha value is -1.42. The molecule has 0 radical (unpaired) electrons. The molecule has 0 bridgehead atoms. The highest BCUT2D eigenvalue weighted by Gasteiger charge is 2.19. The van der Waals surface area contributed by atoms with Crippen LogP contribution in [0.1, 0.15) is 23.2 Å². The van der Waals surface area contributed by atoms with Crippen molar-refractivity contribution < 1.29 is 18.7 Å². The molecule has 0 saturated carbocycles. The fraction of sp³-hybridized carbons (Fsp3) is 0.417. The van der Waals surface area contributed by atoms with E-state index in [2.05, 4.69) is 0 Å². The lowest BCUT2D eigenvalue weighted by atomic mass is 10.1. The number of rotatable bonds is 3. The van der Waals surface area contributed by atoms with E-state index < -0.39 is 5.82 Å². The van der Waals surface area contributed by atoms with Gasteiger partial charge in [-0.05, 0) is 25.0 Å². The van der Waals surface area contributed by atoms with Crippen molar-refractivity contribution in [2.45, 2.75) is 18.9 Å². The van der Waals surface area contributed by atoms with Crippen LogP contribution in [0.25, 0.3) is 0 Å². The number of hydrogen-bond acceptors (Lipinski definition) is 3. The molecule has 1 aromatic rings. The molecule has 0 spiro atoms. The van der Waals surface area contributed by atoms with Crippen LogP contribution in [0.15, 0.2) is 18.2 Å². The van der Waals surface area contributed by atoms with Gasteiger partial charge in [0.1, 0.15) is 6.10 Å². The van der Waals surface area contributed by atoms with Crippen LogP contribution >= 0.6 is 0 Å². The Kier molecular flexibility index (Phi) is 3.51. The predicted octanol–water partition coefficient (Wildman–Crippen LogP) is 2.20. The van der Waals surface area contributed by atoms with Gasteiger partial charge in [0.2, 0.25) is 0 Å². The third-order valence-electron chi connectivity index (χ3n) is 2.53. The SMILES string of the molecule is O=Cc1cccc(F)c1OC1CCCOC1. The molecule has 1 fully saturated rings. The molecule has 3 nitrogen and oxygen atoms in total. The molecule has 86 valence electrons. The second-order valence-electron chi connectivity index (χ2n) is 3.73. The lowest BCUT2D eigenvalue weighted by Crippen LogP contribution is -2.28. The molecule has 1 aromatic carbocycles. The van der Waals surface area contributed by atoms with Gasteiger partial charge in [0, 0.05) is 6.61 Å². The monoisotopic (exact) mass is 224 g/mol. The van der Waals surface area contributed by atoms with E-state index in [9.17, 15) is 9.18 Å². The molecule has 0 aliphatic carbocycles. The molecule has 0 aromatic heterocycles. The van der Waals surface area contributed by atoms with E-state index in [1.807, 2.05) is 0 Å². The van der Waals surface area contributed by atoms with Gasteiger partial charge in [0.05, 0.1) is 12.2 Å². The van der Waals surface area contributed by atoms with Crippen LogP contribution in [0.3, 0.4) is 0 Å². The van der Waals surface area contributed by atoms with Gasteiger partial charge in [0.15, 0.2) is 17.9 Å². The molecule has 1 unspecified atom stereocenters. The third-order valence-corrected chi connectivity index (χ3v) is 2.53. The highest BCUT2D eigenvalue weighted by atomic mass is 19.1. The summed E-state index contributed by atoms with van der Waals surface area (Å²) in [5, 5.41) is 0. The molecule has 16 heavy (non-hydrogen) atoms. The van der Waals surface area contributed by atoms with Crippen molar-refractivity contribution in [2.24, 2.45) is 0 Å². The number of carbonyl (C=O) groups excluding carboxylic acids is 1. The van der Waals surface area contributed by atoms with Gasteiger partial charge in [-0.25, -0.2) is 4.39 Å². The summed E-state index contributed by atoms with van der Waals surface area (Å²) in [6.07, 6.45) is 2.16. The van der Waals surface area contributed by atoms with Crippen LogP contribution in [-0.4, -0.2) is 25.6 Å². The van der Waals surface area contributed by atoms with E-state index in [4.69, 9.17) is 9.47 Å². The third kappa shape index (κ3) is 2.39. The minimum absolute atomic E-state index is 0.0352. The van der Waals surface area contributed by atoms with Crippen molar-refractivity contribution in [3.63, 3.8) is 0 Å². The first-order chi connectivity index (χ1) is 7.81. The van der Waals surface area contributed by atoms with Crippen LogP contribution in [0.5, 0.6) is 5.75 Å². The summed E-state index contributed by atoms with van der Waals surface area (Å²) in [5.41, 5.74) is 0.241. The van der Waals surface area contributed by atoms with Gasteiger partial charge >= 0.3 is 0 Å². The quantitative estimate of drug-likeness (QED) is 0.738. The van der Waals surface area contributed by atoms with Crippen LogP contribution < -0.4 is 4.74 Å². The molecule has 1 aliphatic rings. The molecule has 1 aliphatic heterocycles. The van der Waals surface area contributed by atoms with Crippen molar-refractivity contribution in [3.8, 4) is 5.75 Å². The molecule has 0 N–H and O–H groups in total. The minimum Gasteiger partial charge on any atom is -0.484 e. The average molecular weight is 224 g/mol. The number of ether oxygens (including phenoxy) is 2. The number of para-hydroxylation sites is 1. The fourth-order valence-corrected chi connectivity index (χ4v) is 1.71. The maximum absolute atomic E-state index is 13.5. The maximum atomic E-state index is 13.5. The molecular formula is C12H13FO3. The number of carbonyl (C=O) groups is 1. The molecule has 1 heterocycles. The van der Waals surface area contributed by atoms with Crippen molar-refractivity contribution in [2.75, 3.05) is 13.2 Å². The Morgan fingerprint density at radius 1 is 1.50 bits per heavy atom. The second-order valence-corrected chi connectivity index (χ2v) is 3.73. The summed E-state index contributed by atoms with van der Waals surface area (Å²) in [7, 11) is 0. The topological polar surface area (TPSA) is 35.5 Å². The number of benzene rings is 1. The first-order valence-corrected chi connectivity index (χ1v) is 5.29. The van der Waals surface area contributed by atoms with E-state index >= 15 is 0 Å². The second kappa shape index (κ2) is 5.07. The lowest BCUT2D eigenvalue weighted by Gasteiger charge is -2.24. The standard InChI is InChI=1S/C12H13FO3/c13-11-5-1-3-9(7-14)12(11)16-10-4-2-6-15-8-10/h1,3,5,7,10H,2,4,6,8H2. The average Bonchev–Trinajstić information content (AvgIpc) is 2.33. The van der Waals surface area contributed by atoms with Crippen LogP contribution in [0, 0.1) is 5.82 Å². The summed E-state index contributed by atoms with van der Waals surface area (Å²) in [4.78, 5) is 10.7. The predicted molar refractivity (Wildman–Crippen MR) is 56.3 cm³/mol. The summed E-state index contributed by atoms with van der Waals surface area (Å²) in [6.45, 7) is 1.17. The largest absolute Gasteiger partial charge is 0.484 e. The lowest BCUT2D eigenvalue weighted by molar-refractivity contribution is 0.00563. The van der Waals surface area contributed by atoms with E-state index in [0.29, 0.717) is 12.9 Å². The summed E-state index contributed by atoms with van der Waals surface area (Å²) in [6, 6.07) is 4.31. The first-order valence-electron chi connectivity index (χ1n) is 5.29. The molecule has 1 saturated heterocycles. The molecule has 2 rings (SSSR count). The molecule has 0 amide bonds. The first kappa shape index (κ1) is 11.1. The van der Waals surface area contributed by atoms with E-state index in [-0.39, 0.29) is 17.4 Å². The zero-order valence-electron chi connectivity index (χ0n) is 8.82. The van der Waals surface area contributed by atoms with Gasteiger partial charge in [-0.15, -0.1) is 0 Å². The summed E-state index contributed by atoms with van der Waals surface area (Å²) in [5.74, 6) is -0.469. The van der Waals surface area contributed by atoms with Gasteiger partial charge in [-0.2, -0.15) is 0 Å². The highest BCUT2D eigenvalue weighted by Crippen LogP contribution is 2.24. The maximum Gasteiger partial charge on any atom is 0.165 e. The fourth-order valence-electron chi connectivity index (χ4n) is 1.71. The Bertz CT molecular complexity index is 373. The van der Waals surface area contributed by atoms with Crippen molar-refractivity contribution in [3.05, 3.63) is 29.6 Å². The highest BCUT2D eigenvalue weighted by molar-refractivity contribution is 5.79. The Morgan fingerprint density at radius 3 is 3.06 bits per heavy atom. The van der Waals surface area contributed by atoms with E-state index in [1.54, 1.807) is 0 Å². The molecular weight excluding hydrogens is 211 g/mol. The Balaban J connectivity index is 2.15. The van der Waals surface area contributed by atoms with Crippen molar-refractivity contribution in [1.82, 2.24) is 0 Å². The summed E-state index contributed by atoms with van der Waals surface area (Å²) >= 11 is 0. The van der Waals surface area contributed by atoms with Gasteiger partial charge in [-0.1, -0.05) is 6.07 Å². The summed E-state index contributed by atoms with van der Waals surface area (Å²) < 4.78 is 24.2. The van der Waals surface area contributed by atoms with Crippen molar-refractivity contribution >= 4 is 6.29 Å². The van der Waals surface area contributed by atoms with Crippen LogP contribution in [-0.2, 0) is 4.74 Å². The Labute approximate surface area is 93.2 Å². The zero-order valence-corrected chi connectivity index (χ0v) is 8.82. The number of hydrogen-bond donors (Lipinski definition) is 0. The van der Waals surface area contributed by atoms with Crippen LogP contribution in [0.2, 0.25) is 0 Å². The van der Waals surface area contributed by atoms with Crippen LogP contribution in [0.4, 0.5) is 4.39 Å². The number of halogens is 1. The van der Waals surface area contributed by atoms with E-state index in [1.165, 1.54) is 18.2 Å². The Morgan fingerprint density at radius 2 is 2.38 bits per heavy atom. The van der Waals surface area contributed by atoms with Gasteiger partial charge in [-0.3, -0.25) is 4.79 Å².